The minimum Gasteiger partial charge on any atom is -0.299 e. The fourth-order valence-electron chi connectivity index (χ4n) is 3.15. The van der Waals surface area contributed by atoms with Gasteiger partial charge in [-0.1, -0.05) is 38.8 Å². The van der Waals surface area contributed by atoms with Gasteiger partial charge in [0.25, 0.3) is 0 Å². The second-order valence-electron chi connectivity index (χ2n) is 4.63. The normalized spacial score (nSPS) is 48.8. The van der Waals surface area contributed by atoms with Gasteiger partial charge < -0.3 is 0 Å². The molecule has 2 unspecified atom stereocenters. The van der Waals surface area contributed by atoms with Crippen molar-refractivity contribution in [2.24, 2.45) is 16.7 Å². The van der Waals surface area contributed by atoms with E-state index in [0.717, 1.165) is 23.5 Å². The number of ketones is 1. The van der Waals surface area contributed by atoms with E-state index in [1.54, 1.807) is 0 Å². The van der Waals surface area contributed by atoms with Crippen molar-refractivity contribution in [1.29, 1.82) is 0 Å². The van der Waals surface area contributed by atoms with E-state index in [1.807, 2.05) is 0 Å². The molecule has 2 saturated carbocycles. The Bertz CT molecular complexity index is 253. The Morgan fingerprint density at radius 1 is 1.46 bits per heavy atom. The summed E-state index contributed by atoms with van der Waals surface area (Å²) >= 11 is 7.12. The third-order valence-electron chi connectivity index (χ3n) is 4.39. The van der Waals surface area contributed by atoms with Crippen LogP contribution < -0.4 is 0 Å². The number of hydrogen-bond acceptors (Lipinski definition) is 1. The molecule has 2 fully saturated rings. The summed E-state index contributed by atoms with van der Waals surface area (Å²) in [7, 11) is 0. The molecule has 2 bridgehead atoms. The highest BCUT2D eigenvalue weighted by Crippen LogP contribution is 2.65. The van der Waals surface area contributed by atoms with Crippen molar-refractivity contribution in [3.63, 3.8) is 0 Å². The molecule has 1 nitrogen and oxygen atoms in total. The van der Waals surface area contributed by atoms with Crippen molar-refractivity contribution < 1.29 is 4.79 Å². The van der Waals surface area contributed by atoms with Crippen LogP contribution in [0.2, 0.25) is 0 Å². The monoisotopic (exact) mass is 308 g/mol. The Labute approximate surface area is 95.9 Å². The van der Waals surface area contributed by atoms with E-state index in [9.17, 15) is 4.79 Å². The van der Waals surface area contributed by atoms with Gasteiger partial charge in [0.05, 0.1) is 0 Å². The summed E-state index contributed by atoms with van der Waals surface area (Å²) < 4.78 is 0. The summed E-state index contributed by atoms with van der Waals surface area (Å²) in [6.07, 6.45) is 3.14. The first kappa shape index (κ1) is 10.2. The first-order chi connectivity index (χ1) is 6.10. The smallest absolute Gasteiger partial charge is 0.140 e. The van der Waals surface area contributed by atoms with Gasteiger partial charge in [-0.25, -0.2) is 0 Å². The number of alkyl halides is 2. The Hall–Kier alpha value is 0.630. The third-order valence-corrected chi connectivity index (χ3v) is 6.51. The van der Waals surface area contributed by atoms with Gasteiger partial charge in [0.15, 0.2) is 0 Å². The summed E-state index contributed by atoms with van der Waals surface area (Å²) in [5.74, 6) is 1.11. The maximum atomic E-state index is 11.9. The predicted molar refractivity (Wildman–Crippen MR) is 60.5 cm³/mol. The second kappa shape index (κ2) is 3.06. The second-order valence-corrected chi connectivity index (χ2v) is 5.75. The van der Waals surface area contributed by atoms with Crippen LogP contribution in [0.4, 0.5) is 0 Å². The van der Waals surface area contributed by atoms with Crippen molar-refractivity contribution in [3.8, 4) is 0 Å². The lowest BCUT2D eigenvalue weighted by molar-refractivity contribution is -0.127. The molecule has 13 heavy (non-hydrogen) atoms. The number of carbonyl (C=O) groups is 1. The fraction of sp³-hybridized carbons (Fsp3) is 0.900. The molecule has 0 heterocycles. The van der Waals surface area contributed by atoms with Gasteiger partial charge in [-0.05, 0) is 24.2 Å². The average Bonchev–Trinajstić information content (AvgIpc) is 2.53. The zero-order chi connectivity index (χ0) is 9.69. The van der Waals surface area contributed by atoms with Gasteiger partial charge in [0.2, 0.25) is 0 Å². The lowest BCUT2D eigenvalue weighted by Crippen LogP contribution is -2.40. The summed E-state index contributed by atoms with van der Waals surface area (Å²) in [5, 5.41) is 1.80. The third kappa shape index (κ3) is 1.01. The molecule has 0 amide bonds. The zero-order valence-corrected chi connectivity index (χ0v) is 10.9. The van der Waals surface area contributed by atoms with E-state index in [0.29, 0.717) is 11.7 Å². The average molecular weight is 310 g/mol. The molecule has 0 aromatic heterocycles. The van der Waals surface area contributed by atoms with Gasteiger partial charge in [0.1, 0.15) is 5.78 Å². The van der Waals surface area contributed by atoms with Crippen molar-refractivity contribution in [2.75, 3.05) is 10.7 Å². The van der Waals surface area contributed by atoms with Gasteiger partial charge in [0, 0.05) is 22.5 Å². The molecule has 3 heteroatoms. The van der Waals surface area contributed by atoms with Crippen molar-refractivity contribution in [2.45, 2.75) is 26.2 Å². The maximum absolute atomic E-state index is 11.9. The highest BCUT2D eigenvalue weighted by atomic mass is 79.9. The lowest BCUT2D eigenvalue weighted by atomic mass is 9.70. The van der Waals surface area contributed by atoms with E-state index in [-0.39, 0.29) is 10.8 Å². The largest absolute Gasteiger partial charge is 0.299 e. The lowest BCUT2D eigenvalue weighted by Gasteiger charge is -2.36. The van der Waals surface area contributed by atoms with Crippen LogP contribution in [0.3, 0.4) is 0 Å². The molecule has 0 aromatic carbocycles. The molecule has 0 radical (unpaired) electrons. The number of rotatable bonds is 2. The van der Waals surface area contributed by atoms with Crippen LogP contribution in [0.15, 0.2) is 0 Å². The molecule has 0 spiro atoms. The van der Waals surface area contributed by atoms with E-state index < -0.39 is 0 Å². The fourth-order valence-corrected chi connectivity index (χ4v) is 5.38. The molecular weight excluding hydrogens is 296 g/mol. The minimum atomic E-state index is -0.0544. The van der Waals surface area contributed by atoms with Crippen molar-refractivity contribution in [3.05, 3.63) is 0 Å². The number of fused-ring (bicyclic) bond motifs is 2. The Morgan fingerprint density at radius 3 is 2.54 bits per heavy atom. The van der Waals surface area contributed by atoms with E-state index in [2.05, 4.69) is 38.8 Å². The summed E-state index contributed by atoms with van der Waals surface area (Å²) in [5.41, 5.74) is 0.148. The molecule has 0 aliphatic heterocycles. The number of carbonyl (C=O) groups excluding carboxylic acids is 1. The number of hydrogen-bond donors (Lipinski definition) is 0. The summed E-state index contributed by atoms with van der Waals surface area (Å²) in [6, 6.07) is 0. The van der Waals surface area contributed by atoms with Crippen LogP contribution in [0.1, 0.15) is 26.2 Å². The molecule has 0 aromatic rings. The quantitative estimate of drug-likeness (QED) is 0.716. The SMILES string of the molecule is C[C@]1(CBr)C2CCC1(CBr)C(=O)C2. The number of Topliss-reactive ketones (excluding diaryl/α,β-unsaturated/α-hetero) is 1. The molecule has 74 valence electrons. The van der Waals surface area contributed by atoms with Gasteiger partial charge >= 0.3 is 0 Å². The van der Waals surface area contributed by atoms with Gasteiger partial charge in [-0.15, -0.1) is 0 Å². The van der Waals surface area contributed by atoms with Crippen LogP contribution >= 0.6 is 31.9 Å². The zero-order valence-electron chi connectivity index (χ0n) is 7.78. The first-order valence-corrected chi connectivity index (χ1v) is 7.00. The van der Waals surface area contributed by atoms with Crippen LogP contribution in [0.5, 0.6) is 0 Å². The van der Waals surface area contributed by atoms with E-state index in [4.69, 9.17) is 0 Å². The summed E-state index contributed by atoms with van der Waals surface area (Å²) in [4.78, 5) is 11.9. The molecule has 2 aliphatic carbocycles. The minimum absolute atomic E-state index is 0.0544. The molecular formula is C10H14Br2O. The highest BCUT2D eigenvalue weighted by molar-refractivity contribution is 9.09. The Balaban J connectivity index is 2.45. The maximum Gasteiger partial charge on any atom is 0.140 e. The van der Waals surface area contributed by atoms with Crippen molar-refractivity contribution in [1.82, 2.24) is 0 Å². The van der Waals surface area contributed by atoms with Gasteiger partial charge in [-0.2, -0.15) is 0 Å². The van der Waals surface area contributed by atoms with E-state index in [1.165, 1.54) is 6.42 Å². The van der Waals surface area contributed by atoms with Crippen LogP contribution in [-0.4, -0.2) is 16.4 Å². The molecule has 2 aliphatic rings. The van der Waals surface area contributed by atoms with Crippen molar-refractivity contribution >= 4 is 37.6 Å². The highest BCUT2D eigenvalue weighted by Gasteiger charge is 2.65. The molecule has 0 N–H and O–H groups in total. The molecule has 3 atom stereocenters. The Kier molecular flexibility index (Phi) is 2.39. The molecule has 2 rings (SSSR count). The standard InChI is InChI=1S/C10H14Br2O/c1-9(5-11)7-2-3-10(9,6-12)8(13)4-7/h7H,2-6H2,1H3/t7?,9-,10?/m0/s1. The Morgan fingerprint density at radius 2 is 2.15 bits per heavy atom. The van der Waals surface area contributed by atoms with Crippen LogP contribution in [-0.2, 0) is 4.79 Å². The first-order valence-electron chi connectivity index (χ1n) is 4.76. The number of halogens is 2. The van der Waals surface area contributed by atoms with Crippen LogP contribution in [0, 0.1) is 16.7 Å². The summed E-state index contributed by atoms with van der Waals surface area (Å²) in [6.45, 7) is 2.27. The molecule has 0 saturated heterocycles. The topological polar surface area (TPSA) is 17.1 Å². The van der Waals surface area contributed by atoms with E-state index >= 15 is 0 Å². The van der Waals surface area contributed by atoms with Gasteiger partial charge in [-0.3, -0.25) is 4.79 Å². The van der Waals surface area contributed by atoms with Crippen LogP contribution in [0.25, 0.3) is 0 Å². The predicted octanol–water partition coefficient (Wildman–Crippen LogP) is 3.15.